The number of hydrogen-bond donors (Lipinski definition) is 0. The van der Waals surface area contributed by atoms with Gasteiger partial charge in [-0.15, -0.1) is 0 Å². The van der Waals surface area contributed by atoms with Gasteiger partial charge in [-0.2, -0.15) is 0 Å². The van der Waals surface area contributed by atoms with Crippen molar-refractivity contribution in [2.75, 3.05) is 19.5 Å². The van der Waals surface area contributed by atoms with Crippen LogP contribution in [-0.4, -0.2) is 64.9 Å². The maximum Gasteiger partial charge on any atom is 0.186 e. The first-order chi connectivity index (χ1) is 18.5. The SMILES string of the molecule is CO[C@H]1O[C@@H]2COC(CS(=O)(=O)c3ccccc3)O[C@H]2[C@@H](OCc2ccccc2)[C@@H]1OCc1ccccc1. The van der Waals surface area contributed by atoms with Gasteiger partial charge in [0, 0.05) is 7.11 Å². The van der Waals surface area contributed by atoms with E-state index in [0.29, 0.717) is 13.2 Å². The molecule has 6 atom stereocenters. The van der Waals surface area contributed by atoms with Crippen LogP contribution in [0.3, 0.4) is 0 Å². The minimum absolute atomic E-state index is 0.135. The maximum absolute atomic E-state index is 13.0. The fourth-order valence-corrected chi connectivity index (χ4v) is 5.97. The number of sulfone groups is 1. The van der Waals surface area contributed by atoms with Crippen molar-refractivity contribution < 1.29 is 36.8 Å². The zero-order valence-corrected chi connectivity index (χ0v) is 21.9. The molecule has 3 aromatic rings. The van der Waals surface area contributed by atoms with E-state index in [-0.39, 0.29) is 17.3 Å². The third-order valence-electron chi connectivity index (χ3n) is 6.61. The fourth-order valence-electron chi connectivity index (χ4n) is 4.67. The van der Waals surface area contributed by atoms with Gasteiger partial charge >= 0.3 is 0 Å². The summed E-state index contributed by atoms with van der Waals surface area (Å²) < 4.78 is 62.6. The van der Waals surface area contributed by atoms with Gasteiger partial charge in [-0.1, -0.05) is 78.9 Å². The zero-order valence-electron chi connectivity index (χ0n) is 21.1. The highest BCUT2D eigenvalue weighted by atomic mass is 32.2. The van der Waals surface area contributed by atoms with Crippen molar-refractivity contribution in [2.24, 2.45) is 0 Å². The van der Waals surface area contributed by atoms with E-state index in [1.807, 2.05) is 60.7 Å². The van der Waals surface area contributed by atoms with E-state index in [1.54, 1.807) is 37.4 Å². The highest BCUT2D eigenvalue weighted by Crippen LogP contribution is 2.34. The molecule has 1 unspecified atom stereocenters. The van der Waals surface area contributed by atoms with Crippen LogP contribution in [0.25, 0.3) is 0 Å². The lowest BCUT2D eigenvalue weighted by molar-refractivity contribution is -0.363. The molecule has 0 bridgehead atoms. The average molecular weight is 541 g/mol. The summed E-state index contributed by atoms with van der Waals surface area (Å²) in [5, 5.41) is 0. The summed E-state index contributed by atoms with van der Waals surface area (Å²) in [6.45, 7) is 0.767. The monoisotopic (exact) mass is 540 g/mol. The summed E-state index contributed by atoms with van der Waals surface area (Å²) in [6, 6.07) is 27.9. The first-order valence-corrected chi connectivity index (χ1v) is 14.2. The van der Waals surface area contributed by atoms with E-state index in [0.717, 1.165) is 11.1 Å². The van der Waals surface area contributed by atoms with Gasteiger partial charge in [0.1, 0.15) is 30.2 Å². The van der Waals surface area contributed by atoms with Crippen molar-refractivity contribution in [1.29, 1.82) is 0 Å². The Bertz CT molecular complexity index is 1240. The summed E-state index contributed by atoms with van der Waals surface area (Å²) in [4.78, 5) is 0.217. The molecule has 0 amide bonds. The number of fused-ring (bicyclic) bond motifs is 1. The van der Waals surface area contributed by atoms with Gasteiger partial charge in [-0.25, -0.2) is 8.42 Å². The van der Waals surface area contributed by atoms with E-state index in [4.69, 9.17) is 28.4 Å². The standard InChI is InChI=1S/C29H32O8S/c1-32-29-28(35-18-22-13-7-3-8-14-22)27(34-17-21-11-5-2-6-12-21)26-24(36-29)19-33-25(37-26)20-38(30,31)23-15-9-4-10-16-23/h2-16,24-29H,17-20H2,1H3/t24-,25?,26-,27-,28+,29+/m1/s1. The van der Waals surface area contributed by atoms with E-state index in [9.17, 15) is 8.42 Å². The van der Waals surface area contributed by atoms with Crippen molar-refractivity contribution in [1.82, 2.24) is 0 Å². The molecule has 0 aromatic heterocycles. The second-order valence-electron chi connectivity index (χ2n) is 9.26. The van der Waals surface area contributed by atoms with Crippen LogP contribution in [-0.2, 0) is 51.5 Å². The number of ether oxygens (including phenoxy) is 6. The third-order valence-corrected chi connectivity index (χ3v) is 8.31. The highest BCUT2D eigenvalue weighted by molar-refractivity contribution is 7.91. The van der Waals surface area contributed by atoms with Crippen molar-refractivity contribution in [3.8, 4) is 0 Å². The Morgan fingerprint density at radius 3 is 1.89 bits per heavy atom. The first kappa shape index (κ1) is 27.0. The normalized spacial score (nSPS) is 27.5. The van der Waals surface area contributed by atoms with Crippen molar-refractivity contribution in [3.05, 3.63) is 102 Å². The lowest BCUT2D eigenvalue weighted by Gasteiger charge is -2.48. The molecule has 0 saturated carbocycles. The number of hydrogen-bond acceptors (Lipinski definition) is 8. The van der Waals surface area contributed by atoms with Crippen LogP contribution >= 0.6 is 0 Å². The van der Waals surface area contributed by atoms with Gasteiger partial charge in [0.15, 0.2) is 22.4 Å². The van der Waals surface area contributed by atoms with Crippen LogP contribution in [0.2, 0.25) is 0 Å². The second kappa shape index (κ2) is 12.5. The quantitative estimate of drug-likeness (QED) is 0.384. The predicted molar refractivity (Wildman–Crippen MR) is 139 cm³/mol. The van der Waals surface area contributed by atoms with E-state index in [1.165, 1.54) is 0 Å². The van der Waals surface area contributed by atoms with Gasteiger partial charge in [0.25, 0.3) is 0 Å². The Balaban J connectivity index is 1.36. The zero-order chi connectivity index (χ0) is 26.4. The predicted octanol–water partition coefficient (Wildman–Crippen LogP) is 3.74. The molecule has 2 heterocycles. The molecule has 5 rings (SSSR count). The molecule has 2 aliphatic heterocycles. The highest BCUT2D eigenvalue weighted by Gasteiger charge is 2.51. The summed E-state index contributed by atoms with van der Waals surface area (Å²) in [7, 11) is -2.08. The first-order valence-electron chi connectivity index (χ1n) is 12.6. The third kappa shape index (κ3) is 6.50. The van der Waals surface area contributed by atoms with Crippen LogP contribution in [0.15, 0.2) is 95.9 Å². The van der Waals surface area contributed by atoms with E-state index >= 15 is 0 Å². The lowest BCUT2D eigenvalue weighted by Crippen LogP contribution is -2.64. The summed E-state index contributed by atoms with van der Waals surface area (Å²) >= 11 is 0. The van der Waals surface area contributed by atoms with Crippen molar-refractivity contribution in [2.45, 2.75) is 55.1 Å². The Kier molecular flexibility index (Phi) is 8.86. The number of methoxy groups -OCH3 is 1. The molecular formula is C29H32O8S. The molecule has 0 radical (unpaired) electrons. The minimum Gasteiger partial charge on any atom is -0.368 e. The molecule has 202 valence electrons. The van der Waals surface area contributed by atoms with Gasteiger partial charge in [-0.05, 0) is 23.3 Å². The number of rotatable bonds is 10. The molecule has 2 aliphatic rings. The Morgan fingerprint density at radius 1 is 0.763 bits per heavy atom. The number of benzene rings is 3. The van der Waals surface area contributed by atoms with Crippen LogP contribution in [0.4, 0.5) is 0 Å². The molecule has 38 heavy (non-hydrogen) atoms. The van der Waals surface area contributed by atoms with Gasteiger partial charge in [0.2, 0.25) is 0 Å². The van der Waals surface area contributed by atoms with Crippen LogP contribution in [0.5, 0.6) is 0 Å². The molecule has 2 fully saturated rings. The Labute approximate surface area is 223 Å². The summed E-state index contributed by atoms with van der Waals surface area (Å²) in [6.07, 6.45) is -4.09. The van der Waals surface area contributed by atoms with Gasteiger partial charge in [0.05, 0.1) is 24.7 Å². The molecule has 0 spiro atoms. The Hall–Kier alpha value is -2.63. The molecule has 3 aromatic carbocycles. The second-order valence-corrected chi connectivity index (χ2v) is 11.3. The fraction of sp³-hybridized carbons (Fsp3) is 0.379. The topological polar surface area (TPSA) is 89.5 Å². The van der Waals surface area contributed by atoms with Gasteiger partial charge in [-0.3, -0.25) is 0 Å². The van der Waals surface area contributed by atoms with E-state index in [2.05, 4.69) is 0 Å². The Morgan fingerprint density at radius 2 is 1.32 bits per heavy atom. The van der Waals surface area contributed by atoms with Crippen LogP contribution in [0, 0.1) is 0 Å². The molecule has 8 nitrogen and oxygen atoms in total. The summed E-state index contributed by atoms with van der Waals surface area (Å²) in [5.41, 5.74) is 1.98. The molecule has 0 N–H and O–H groups in total. The molecule has 9 heteroatoms. The van der Waals surface area contributed by atoms with Crippen LogP contribution in [0.1, 0.15) is 11.1 Å². The average Bonchev–Trinajstić information content (AvgIpc) is 2.96. The smallest absolute Gasteiger partial charge is 0.186 e. The minimum atomic E-state index is -3.63. The largest absolute Gasteiger partial charge is 0.368 e. The van der Waals surface area contributed by atoms with E-state index < -0.39 is 46.8 Å². The van der Waals surface area contributed by atoms with Crippen molar-refractivity contribution >= 4 is 9.84 Å². The lowest BCUT2D eigenvalue weighted by atomic mass is 9.97. The molecule has 0 aliphatic carbocycles. The van der Waals surface area contributed by atoms with Gasteiger partial charge < -0.3 is 28.4 Å². The summed E-state index contributed by atoms with van der Waals surface area (Å²) in [5.74, 6) is -0.325. The maximum atomic E-state index is 13.0. The van der Waals surface area contributed by atoms with Crippen LogP contribution < -0.4 is 0 Å². The molecular weight excluding hydrogens is 508 g/mol. The molecule has 2 saturated heterocycles. The van der Waals surface area contributed by atoms with Crippen molar-refractivity contribution in [3.63, 3.8) is 0 Å².